The van der Waals surface area contributed by atoms with E-state index in [1.807, 2.05) is 48.5 Å². The molecular weight excluding hydrogens is 884 g/mol. The van der Waals surface area contributed by atoms with Crippen molar-refractivity contribution in [1.29, 1.82) is 0 Å². The Morgan fingerprint density at radius 2 is 1.79 bits per heavy atom. The molecule has 15 heteroatoms. The van der Waals surface area contributed by atoms with Gasteiger partial charge in [0.1, 0.15) is 24.1 Å². The highest BCUT2D eigenvalue weighted by molar-refractivity contribution is 7.99. The van der Waals surface area contributed by atoms with Crippen LogP contribution in [0.2, 0.25) is 0 Å². The van der Waals surface area contributed by atoms with E-state index in [9.17, 15) is 15.0 Å². The summed E-state index contributed by atoms with van der Waals surface area (Å²) in [6, 6.07) is 21.1. The number of oxime groups is 1. The zero-order valence-corrected chi connectivity index (χ0v) is 39.1. The third kappa shape index (κ3) is 11.1. The predicted molar refractivity (Wildman–Crippen MR) is 252 cm³/mol. The molecule has 0 bridgehead atoms. The first-order valence-corrected chi connectivity index (χ1v) is 25.0. The van der Waals surface area contributed by atoms with Crippen molar-refractivity contribution < 1.29 is 53.0 Å². The van der Waals surface area contributed by atoms with E-state index in [1.165, 1.54) is 4.90 Å². The lowest BCUT2D eigenvalue weighted by Gasteiger charge is -2.59. The molecule has 7 atom stereocenters. The summed E-state index contributed by atoms with van der Waals surface area (Å²) in [6.45, 7) is 5.65. The number of aliphatic hydroxyl groups is 2. The highest BCUT2D eigenvalue weighted by atomic mass is 35.5. The Hall–Kier alpha value is -4.44. The fraction of sp³-hybridized carbons (Fsp3) is 0.529. The van der Waals surface area contributed by atoms with E-state index in [4.69, 9.17) is 54.8 Å². The molecule has 3 aliphatic heterocycles. The second-order valence-corrected chi connectivity index (χ2v) is 18.8. The van der Waals surface area contributed by atoms with E-state index >= 15 is 0 Å². The van der Waals surface area contributed by atoms with Crippen LogP contribution in [0.3, 0.4) is 0 Å². The molecule has 0 spiro atoms. The Morgan fingerprint density at radius 1 is 0.970 bits per heavy atom. The van der Waals surface area contributed by atoms with Gasteiger partial charge in [0.05, 0.1) is 37.3 Å². The molecule has 2 fully saturated rings. The van der Waals surface area contributed by atoms with E-state index in [1.54, 1.807) is 22.7 Å². The number of unbranched alkanes of at least 4 members (excludes halogenated alkanes) is 2. The number of hydrogen-bond acceptors (Lipinski definition) is 13. The molecule has 356 valence electrons. The van der Waals surface area contributed by atoms with Crippen molar-refractivity contribution in [3.63, 3.8) is 0 Å². The summed E-state index contributed by atoms with van der Waals surface area (Å²) >= 11 is 7.89. The largest absolute Gasteiger partial charge is 0.493 e. The van der Waals surface area contributed by atoms with E-state index < -0.39 is 30.1 Å². The highest BCUT2D eigenvalue weighted by Crippen LogP contribution is 2.62. The van der Waals surface area contributed by atoms with Crippen molar-refractivity contribution in [2.45, 2.75) is 99.7 Å². The molecule has 0 aromatic heterocycles. The maximum atomic E-state index is 14.7. The van der Waals surface area contributed by atoms with E-state index in [2.05, 4.69) is 30.9 Å². The molecule has 1 amide bonds. The van der Waals surface area contributed by atoms with Crippen molar-refractivity contribution >= 4 is 35.2 Å². The molecular formula is C51H63ClN2O11S. The summed E-state index contributed by atoms with van der Waals surface area (Å²) in [5, 5.41) is 25.0. The summed E-state index contributed by atoms with van der Waals surface area (Å²) in [5.74, 6) is 1.29. The van der Waals surface area contributed by atoms with Crippen molar-refractivity contribution in [2.75, 3.05) is 58.1 Å². The molecule has 3 heterocycles. The fourth-order valence-electron chi connectivity index (χ4n) is 10.2. The van der Waals surface area contributed by atoms with Gasteiger partial charge in [-0.05, 0) is 104 Å². The van der Waals surface area contributed by atoms with Gasteiger partial charge >= 0.3 is 6.09 Å². The number of rotatable bonds is 23. The molecule has 5 aliphatic rings. The first-order valence-electron chi connectivity index (χ1n) is 23.5. The molecule has 8 rings (SSSR count). The number of halogens is 1. The Labute approximate surface area is 397 Å². The van der Waals surface area contributed by atoms with Gasteiger partial charge in [0.25, 0.3) is 0 Å². The average molecular weight is 948 g/mol. The number of benzene rings is 3. The van der Waals surface area contributed by atoms with Crippen LogP contribution in [0.1, 0.15) is 81.3 Å². The maximum Gasteiger partial charge on any atom is 0.410 e. The normalized spacial score (nSPS) is 25.5. The Balaban J connectivity index is 1.28. The topological polar surface area (TPSA) is 147 Å². The highest BCUT2D eigenvalue weighted by Gasteiger charge is 2.66. The van der Waals surface area contributed by atoms with Crippen LogP contribution in [0.15, 0.2) is 101 Å². The van der Waals surface area contributed by atoms with E-state index in [0.717, 1.165) is 66.7 Å². The second-order valence-electron chi connectivity index (χ2n) is 17.3. The quantitative estimate of drug-likeness (QED) is 0.0307. The Morgan fingerprint density at radius 3 is 2.58 bits per heavy atom. The molecule has 1 saturated carbocycles. The first kappa shape index (κ1) is 48.0. The van der Waals surface area contributed by atoms with Gasteiger partial charge in [0.2, 0.25) is 18.9 Å². The molecule has 1 saturated heterocycles. The Kier molecular flexibility index (Phi) is 17.1. The van der Waals surface area contributed by atoms with Crippen molar-refractivity contribution in [3.05, 3.63) is 102 Å². The Bertz CT molecular complexity index is 2140. The molecule has 3 aromatic rings. The van der Waals surface area contributed by atoms with E-state index in [-0.39, 0.29) is 69.8 Å². The molecule has 3 aromatic carbocycles. The van der Waals surface area contributed by atoms with Gasteiger partial charge < -0.3 is 48.2 Å². The van der Waals surface area contributed by atoms with Crippen LogP contribution in [0, 0.1) is 17.8 Å². The van der Waals surface area contributed by atoms with Crippen LogP contribution in [0.5, 0.6) is 23.0 Å². The van der Waals surface area contributed by atoms with E-state index in [0.29, 0.717) is 55.4 Å². The van der Waals surface area contributed by atoms with Gasteiger partial charge in [0.15, 0.2) is 11.5 Å². The summed E-state index contributed by atoms with van der Waals surface area (Å²) in [4.78, 5) is 23.9. The summed E-state index contributed by atoms with van der Waals surface area (Å²) in [6.07, 6.45) is 10.3. The fourth-order valence-corrected chi connectivity index (χ4v) is 11.1. The molecule has 0 radical (unpaired) electrons. The molecule has 66 heavy (non-hydrogen) atoms. The number of nitrogens with zero attached hydrogens (tertiary/aromatic N) is 2. The monoisotopic (exact) mass is 946 g/mol. The standard InChI is InChI=1S/C51H63ClN2O11S/c1-2-24-63-51-46(54(50(57)60-26-21-52)33-35-17-19-44-45(29-35)62-34-61-44)32-42(53-65-47-16-8-11-25-59-47)40-30-36(12-6-9-22-55)39(15-7-10-23-56)48(49(40)51)41-31-37(18-20-43(41)64-51)58-27-28-66-38-13-4-3-5-14-38/h2-5,13-14,17-20,29-31,36,39,46-49,55-56H,1,6-12,15-16,21-28,32-34H2. The summed E-state index contributed by atoms with van der Waals surface area (Å²) in [5.41, 5.74) is 3.35. The van der Waals surface area contributed by atoms with Crippen molar-refractivity contribution in [3.8, 4) is 23.0 Å². The van der Waals surface area contributed by atoms with Gasteiger partial charge in [0, 0.05) is 54.7 Å². The maximum absolute atomic E-state index is 14.7. The number of amides is 1. The lowest BCUT2D eigenvalue weighted by atomic mass is 9.55. The predicted octanol–water partition coefficient (Wildman–Crippen LogP) is 9.62. The number of carbonyl (C=O) groups is 1. The minimum absolute atomic E-state index is 0.00960. The van der Waals surface area contributed by atoms with Gasteiger partial charge in [-0.15, -0.1) is 29.9 Å². The average Bonchev–Trinajstić information content (AvgIpc) is 3.82. The number of allylic oxidation sites excluding steroid dienone is 1. The summed E-state index contributed by atoms with van der Waals surface area (Å²) < 4.78 is 44.4. The third-order valence-electron chi connectivity index (χ3n) is 13.1. The number of thioether (sulfide) groups is 1. The van der Waals surface area contributed by atoms with Crippen LogP contribution in [-0.4, -0.2) is 103 Å². The minimum Gasteiger partial charge on any atom is -0.493 e. The minimum atomic E-state index is -1.49. The van der Waals surface area contributed by atoms with Crippen molar-refractivity contribution in [1.82, 2.24) is 4.90 Å². The van der Waals surface area contributed by atoms with Gasteiger partial charge in [-0.2, -0.15) is 0 Å². The van der Waals surface area contributed by atoms with Gasteiger partial charge in [-0.3, -0.25) is 4.90 Å². The zero-order valence-electron chi connectivity index (χ0n) is 37.6. The smallest absolute Gasteiger partial charge is 0.410 e. The van der Waals surface area contributed by atoms with Crippen LogP contribution in [0.25, 0.3) is 0 Å². The number of fused-ring (bicyclic) bond motifs is 3. The van der Waals surface area contributed by atoms with Crippen LogP contribution < -0.4 is 18.9 Å². The number of aliphatic hydroxyl groups excluding tert-OH is 2. The third-order valence-corrected chi connectivity index (χ3v) is 14.3. The number of hydrogen-bond donors (Lipinski definition) is 2. The van der Waals surface area contributed by atoms with Crippen molar-refractivity contribution in [2.24, 2.45) is 22.9 Å². The number of ether oxygens (including phenoxy) is 7. The SMILES string of the molecule is C=CCOC12Oc3ccc(OCCSc4ccccc4)cc3C3C(CCCCO)C(CCCCO)C=C(C(=NOC4CCCCO4)CC1N(Cc1ccc4c(c1)OCO4)C(=O)OCCCl)C32. The van der Waals surface area contributed by atoms with Crippen LogP contribution in [0.4, 0.5) is 4.79 Å². The molecule has 13 nitrogen and oxygen atoms in total. The van der Waals surface area contributed by atoms with Gasteiger partial charge in [-0.1, -0.05) is 54.4 Å². The second kappa shape index (κ2) is 23.5. The zero-order chi connectivity index (χ0) is 45.7. The number of alkyl halides is 1. The first-order chi connectivity index (χ1) is 32.5. The lowest BCUT2D eigenvalue weighted by molar-refractivity contribution is -0.256. The van der Waals surface area contributed by atoms with Gasteiger partial charge in [-0.25, -0.2) is 4.79 Å². The molecule has 2 N–H and O–H groups in total. The molecule has 7 unspecified atom stereocenters. The summed E-state index contributed by atoms with van der Waals surface area (Å²) in [7, 11) is 0. The van der Waals surface area contributed by atoms with Crippen LogP contribution in [-0.2, 0) is 25.6 Å². The van der Waals surface area contributed by atoms with Crippen LogP contribution >= 0.6 is 23.4 Å². The lowest BCUT2D eigenvalue weighted by Crippen LogP contribution is -2.70. The number of carbonyl (C=O) groups excluding carboxylic acids is 1. The molecule has 2 aliphatic carbocycles.